The van der Waals surface area contributed by atoms with E-state index >= 15 is 0 Å². The largest absolute Gasteiger partial charge is 0.497 e. The third-order valence-electron chi connectivity index (χ3n) is 4.76. The van der Waals surface area contributed by atoms with Crippen LogP contribution >= 0.6 is 11.3 Å². The van der Waals surface area contributed by atoms with E-state index < -0.39 is 5.97 Å². The number of thiophene rings is 1. The normalized spacial score (nSPS) is 10.5. The standard InChI is InChI=1S/C25H27NO5S/c1-4-30-25(28)23-21(18-9-13-19(29-3)14-10-18)16-32-24(23)26-22(27)6-5-15-31-20-11-7-17(2)8-12-20/h7-14,16H,4-6,15H2,1-3H3,(H,26,27). The molecule has 0 unspecified atom stereocenters. The molecule has 0 saturated carbocycles. The molecule has 0 radical (unpaired) electrons. The SMILES string of the molecule is CCOC(=O)c1c(-c2ccc(OC)cc2)csc1NC(=O)CCCOc1ccc(C)cc1. The second-order valence-corrected chi connectivity index (χ2v) is 8.00. The quantitative estimate of drug-likeness (QED) is 0.315. The van der Waals surface area contributed by atoms with Crippen molar-refractivity contribution in [2.75, 3.05) is 25.6 Å². The highest BCUT2D eigenvalue weighted by Gasteiger charge is 2.22. The Morgan fingerprint density at radius 3 is 2.34 bits per heavy atom. The monoisotopic (exact) mass is 453 g/mol. The van der Waals surface area contributed by atoms with Gasteiger partial charge in [0.15, 0.2) is 0 Å². The zero-order chi connectivity index (χ0) is 22.9. The van der Waals surface area contributed by atoms with E-state index in [-0.39, 0.29) is 18.9 Å². The van der Waals surface area contributed by atoms with Crippen LogP contribution in [0.1, 0.15) is 35.7 Å². The summed E-state index contributed by atoms with van der Waals surface area (Å²) in [6.07, 6.45) is 0.842. The molecule has 0 fully saturated rings. The Bertz CT molecular complexity index is 1040. The minimum atomic E-state index is -0.461. The molecule has 0 bridgehead atoms. The second kappa shape index (κ2) is 11.3. The molecule has 1 N–H and O–H groups in total. The Hall–Kier alpha value is -3.32. The van der Waals surface area contributed by atoms with Gasteiger partial charge < -0.3 is 19.5 Å². The molecule has 168 valence electrons. The van der Waals surface area contributed by atoms with Gasteiger partial charge in [-0.3, -0.25) is 4.79 Å². The Kier molecular flexibility index (Phi) is 8.27. The lowest BCUT2D eigenvalue weighted by Gasteiger charge is -2.10. The first-order chi connectivity index (χ1) is 15.5. The van der Waals surface area contributed by atoms with Crippen molar-refractivity contribution in [1.29, 1.82) is 0 Å². The van der Waals surface area contributed by atoms with Gasteiger partial charge in [0.25, 0.3) is 0 Å². The van der Waals surface area contributed by atoms with Crippen molar-refractivity contribution in [3.05, 3.63) is 65.0 Å². The smallest absolute Gasteiger partial charge is 0.341 e. The molecular formula is C25H27NO5S. The number of ether oxygens (including phenoxy) is 3. The summed E-state index contributed by atoms with van der Waals surface area (Å²) in [5.41, 5.74) is 3.09. The van der Waals surface area contributed by atoms with Crippen LogP contribution in [-0.2, 0) is 9.53 Å². The van der Waals surface area contributed by atoms with Gasteiger partial charge in [-0.1, -0.05) is 29.8 Å². The molecule has 2 aromatic carbocycles. The van der Waals surface area contributed by atoms with Crippen molar-refractivity contribution in [3.63, 3.8) is 0 Å². The Morgan fingerprint density at radius 2 is 1.69 bits per heavy atom. The van der Waals surface area contributed by atoms with Crippen LogP contribution in [0.5, 0.6) is 11.5 Å². The van der Waals surface area contributed by atoms with Crippen LogP contribution in [0, 0.1) is 6.92 Å². The molecule has 32 heavy (non-hydrogen) atoms. The highest BCUT2D eigenvalue weighted by Crippen LogP contribution is 2.37. The van der Waals surface area contributed by atoms with Crippen molar-refractivity contribution in [2.24, 2.45) is 0 Å². The van der Waals surface area contributed by atoms with E-state index in [1.165, 1.54) is 16.9 Å². The van der Waals surface area contributed by atoms with E-state index in [1.807, 2.05) is 60.8 Å². The van der Waals surface area contributed by atoms with Gasteiger partial charge in [0.2, 0.25) is 5.91 Å². The fourth-order valence-corrected chi connectivity index (χ4v) is 4.06. The summed E-state index contributed by atoms with van der Waals surface area (Å²) >= 11 is 1.31. The molecule has 1 amide bonds. The maximum atomic E-state index is 12.7. The van der Waals surface area contributed by atoms with Crippen LogP contribution in [0.25, 0.3) is 11.1 Å². The highest BCUT2D eigenvalue weighted by atomic mass is 32.1. The van der Waals surface area contributed by atoms with E-state index in [9.17, 15) is 9.59 Å². The van der Waals surface area contributed by atoms with Gasteiger partial charge in [0.1, 0.15) is 22.1 Å². The van der Waals surface area contributed by atoms with Gasteiger partial charge in [0.05, 0.1) is 20.3 Å². The summed E-state index contributed by atoms with van der Waals surface area (Å²) in [6, 6.07) is 15.2. The van der Waals surface area contributed by atoms with Crippen molar-refractivity contribution >= 4 is 28.2 Å². The number of esters is 1. The van der Waals surface area contributed by atoms with E-state index in [4.69, 9.17) is 14.2 Å². The van der Waals surface area contributed by atoms with Crippen LogP contribution in [0.3, 0.4) is 0 Å². The third-order valence-corrected chi connectivity index (χ3v) is 5.66. The predicted octanol–water partition coefficient (Wildman–Crippen LogP) is 5.71. The lowest BCUT2D eigenvalue weighted by atomic mass is 10.0. The summed E-state index contributed by atoms with van der Waals surface area (Å²) in [7, 11) is 1.60. The number of nitrogens with one attached hydrogen (secondary N) is 1. The number of carbonyl (C=O) groups is 2. The van der Waals surface area contributed by atoms with Gasteiger partial charge in [-0.05, 0) is 50.1 Å². The minimum absolute atomic E-state index is 0.175. The summed E-state index contributed by atoms with van der Waals surface area (Å²) in [6.45, 7) is 4.45. The molecule has 7 heteroatoms. The van der Waals surface area contributed by atoms with E-state index in [1.54, 1.807) is 14.0 Å². The van der Waals surface area contributed by atoms with Gasteiger partial charge in [-0.25, -0.2) is 4.79 Å². The number of aryl methyl sites for hydroxylation is 1. The van der Waals surface area contributed by atoms with Crippen molar-refractivity contribution in [2.45, 2.75) is 26.7 Å². The lowest BCUT2D eigenvalue weighted by molar-refractivity contribution is -0.116. The molecule has 3 aromatic rings. The van der Waals surface area contributed by atoms with Crippen molar-refractivity contribution in [1.82, 2.24) is 0 Å². The van der Waals surface area contributed by atoms with Gasteiger partial charge in [-0.15, -0.1) is 11.3 Å². The second-order valence-electron chi connectivity index (χ2n) is 7.12. The highest BCUT2D eigenvalue weighted by molar-refractivity contribution is 7.15. The Labute approximate surface area is 192 Å². The first-order valence-corrected chi connectivity index (χ1v) is 11.3. The number of hydrogen-bond donors (Lipinski definition) is 1. The number of amides is 1. The molecule has 0 aliphatic rings. The van der Waals surface area contributed by atoms with Crippen LogP contribution in [0.15, 0.2) is 53.9 Å². The molecule has 0 atom stereocenters. The lowest BCUT2D eigenvalue weighted by Crippen LogP contribution is -2.15. The average Bonchev–Trinajstić information content (AvgIpc) is 3.21. The van der Waals surface area contributed by atoms with E-state index in [0.29, 0.717) is 29.2 Å². The molecule has 0 saturated heterocycles. The molecule has 1 aromatic heterocycles. The zero-order valence-electron chi connectivity index (χ0n) is 18.5. The van der Waals surface area contributed by atoms with Gasteiger partial charge in [0, 0.05) is 17.4 Å². The molecule has 0 spiro atoms. The first kappa shape index (κ1) is 23.3. The first-order valence-electron chi connectivity index (χ1n) is 10.4. The summed E-state index contributed by atoms with van der Waals surface area (Å²) in [4.78, 5) is 25.2. The molecule has 0 aliphatic carbocycles. The Morgan fingerprint density at radius 1 is 1.00 bits per heavy atom. The van der Waals surface area contributed by atoms with Crippen molar-refractivity contribution in [3.8, 4) is 22.6 Å². The summed E-state index contributed by atoms with van der Waals surface area (Å²) in [5.74, 6) is 0.870. The van der Waals surface area contributed by atoms with E-state index in [2.05, 4.69) is 5.32 Å². The molecule has 3 rings (SSSR count). The number of benzene rings is 2. The number of hydrogen-bond acceptors (Lipinski definition) is 6. The molecular weight excluding hydrogens is 426 g/mol. The van der Waals surface area contributed by atoms with Crippen LogP contribution in [-0.4, -0.2) is 32.2 Å². The number of anilines is 1. The fraction of sp³-hybridized carbons (Fsp3) is 0.280. The molecule has 1 heterocycles. The average molecular weight is 454 g/mol. The fourth-order valence-electron chi connectivity index (χ4n) is 3.09. The molecule has 0 aliphatic heterocycles. The Balaban J connectivity index is 1.65. The van der Waals surface area contributed by atoms with Crippen molar-refractivity contribution < 1.29 is 23.8 Å². The zero-order valence-corrected chi connectivity index (χ0v) is 19.3. The molecule has 6 nitrogen and oxygen atoms in total. The summed E-state index contributed by atoms with van der Waals surface area (Å²) < 4.78 is 16.1. The maximum absolute atomic E-state index is 12.7. The number of rotatable bonds is 10. The maximum Gasteiger partial charge on any atom is 0.341 e. The minimum Gasteiger partial charge on any atom is -0.497 e. The predicted molar refractivity (Wildman–Crippen MR) is 127 cm³/mol. The third kappa shape index (κ3) is 6.11. The van der Waals surface area contributed by atoms with E-state index in [0.717, 1.165) is 17.1 Å². The number of methoxy groups -OCH3 is 1. The van der Waals surface area contributed by atoms with Crippen LogP contribution in [0.2, 0.25) is 0 Å². The summed E-state index contributed by atoms with van der Waals surface area (Å²) in [5, 5.41) is 5.20. The number of carbonyl (C=O) groups excluding carboxylic acids is 2. The van der Waals surface area contributed by atoms with Gasteiger partial charge >= 0.3 is 5.97 Å². The van der Waals surface area contributed by atoms with Gasteiger partial charge in [-0.2, -0.15) is 0 Å². The van der Waals surface area contributed by atoms with Crippen LogP contribution in [0.4, 0.5) is 5.00 Å². The topological polar surface area (TPSA) is 73.9 Å². The van der Waals surface area contributed by atoms with Crippen LogP contribution < -0.4 is 14.8 Å².